The van der Waals surface area contributed by atoms with Gasteiger partial charge in [-0.3, -0.25) is 23.6 Å². The molecule has 0 radical (unpaired) electrons. The molecule has 1 saturated heterocycles. The number of carbonyl (C=O) groups excluding carboxylic acids is 1. The summed E-state index contributed by atoms with van der Waals surface area (Å²) in [7, 11) is 3.16. The summed E-state index contributed by atoms with van der Waals surface area (Å²) in [6.07, 6.45) is 5.83. The first-order valence-corrected chi connectivity index (χ1v) is 10.5. The SMILES string of the molecule is CCCCCCn1c(CN2CCC(C(N)=O)CC2)nc2c1c(=O)n(C)c(=O)n2C. The number of amides is 1. The normalized spacial score (nSPS) is 16.0. The van der Waals surface area contributed by atoms with Gasteiger partial charge in [-0.1, -0.05) is 26.2 Å². The van der Waals surface area contributed by atoms with Gasteiger partial charge in [-0.25, -0.2) is 9.78 Å². The number of imidazole rings is 1. The second-order valence-electron chi connectivity index (χ2n) is 8.07. The van der Waals surface area contributed by atoms with E-state index in [2.05, 4.69) is 11.8 Å². The summed E-state index contributed by atoms with van der Waals surface area (Å²) in [5.41, 5.74) is 5.70. The van der Waals surface area contributed by atoms with Gasteiger partial charge in [-0.2, -0.15) is 0 Å². The van der Waals surface area contributed by atoms with Crippen molar-refractivity contribution in [1.82, 2.24) is 23.6 Å². The lowest BCUT2D eigenvalue weighted by molar-refractivity contribution is -0.123. The molecular weight excluding hydrogens is 372 g/mol. The fourth-order valence-electron chi connectivity index (χ4n) is 4.13. The van der Waals surface area contributed by atoms with Gasteiger partial charge in [0.25, 0.3) is 5.56 Å². The fraction of sp³-hybridized carbons (Fsp3) is 0.700. The van der Waals surface area contributed by atoms with E-state index in [9.17, 15) is 14.4 Å². The molecule has 1 fully saturated rings. The minimum Gasteiger partial charge on any atom is -0.369 e. The molecule has 0 atom stereocenters. The number of fused-ring (bicyclic) bond motifs is 1. The largest absolute Gasteiger partial charge is 0.369 e. The molecule has 1 aliphatic rings. The van der Waals surface area contributed by atoms with E-state index in [-0.39, 0.29) is 23.1 Å². The maximum Gasteiger partial charge on any atom is 0.332 e. The molecule has 29 heavy (non-hydrogen) atoms. The number of primary amides is 1. The number of rotatable bonds is 8. The standard InChI is InChI=1S/C20H32N6O3/c1-4-5-6-7-10-26-15(13-25-11-8-14(9-12-25)17(21)27)22-18-16(26)19(28)24(3)20(29)23(18)2/h14H,4-13H2,1-3H3,(H2,21,27). The number of nitrogens with zero attached hydrogens (tertiary/aromatic N) is 5. The van der Waals surface area contributed by atoms with Crippen LogP contribution in [0.2, 0.25) is 0 Å². The molecule has 2 aromatic heterocycles. The molecule has 2 N–H and O–H groups in total. The molecule has 0 aliphatic carbocycles. The third-order valence-corrected chi connectivity index (χ3v) is 6.02. The van der Waals surface area contributed by atoms with Crippen molar-refractivity contribution in [3.05, 3.63) is 26.7 Å². The number of likely N-dealkylation sites (tertiary alicyclic amines) is 1. The van der Waals surface area contributed by atoms with Gasteiger partial charge in [-0.15, -0.1) is 0 Å². The summed E-state index contributed by atoms with van der Waals surface area (Å²) in [5.74, 6) is 0.505. The maximum atomic E-state index is 12.9. The number of unbranched alkanes of at least 4 members (excludes halogenated alkanes) is 3. The Morgan fingerprint density at radius 2 is 1.79 bits per heavy atom. The molecule has 160 valence electrons. The van der Waals surface area contributed by atoms with Crippen molar-refractivity contribution in [2.45, 2.75) is 58.5 Å². The van der Waals surface area contributed by atoms with Crippen LogP contribution in [0.25, 0.3) is 11.2 Å². The summed E-state index contributed by atoms with van der Waals surface area (Å²) >= 11 is 0. The van der Waals surface area contributed by atoms with Crippen molar-refractivity contribution < 1.29 is 4.79 Å². The highest BCUT2D eigenvalue weighted by Crippen LogP contribution is 2.20. The van der Waals surface area contributed by atoms with Gasteiger partial charge >= 0.3 is 5.69 Å². The summed E-state index contributed by atoms with van der Waals surface area (Å²) < 4.78 is 4.59. The molecule has 0 bridgehead atoms. The van der Waals surface area contributed by atoms with Crippen LogP contribution < -0.4 is 17.0 Å². The fourth-order valence-corrected chi connectivity index (χ4v) is 4.13. The maximum absolute atomic E-state index is 12.9. The van der Waals surface area contributed by atoms with Crippen LogP contribution in [-0.4, -0.2) is 42.6 Å². The molecule has 3 rings (SSSR count). The topological polar surface area (TPSA) is 108 Å². The minimum absolute atomic E-state index is 0.0628. The third kappa shape index (κ3) is 4.29. The molecule has 2 aromatic rings. The summed E-state index contributed by atoms with van der Waals surface area (Å²) in [6.45, 7) is 4.99. The molecule has 9 heteroatoms. The quantitative estimate of drug-likeness (QED) is 0.652. The van der Waals surface area contributed by atoms with Gasteiger partial charge in [0.1, 0.15) is 5.82 Å². The lowest BCUT2D eigenvalue weighted by atomic mass is 9.96. The Kier molecular flexibility index (Phi) is 6.56. The Morgan fingerprint density at radius 3 is 2.41 bits per heavy atom. The van der Waals surface area contributed by atoms with Crippen LogP contribution in [-0.2, 0) is 32.0 Å². The molecule has 0 aromatic carbocycles. The lowest BCUT2D eigenvalue weighted by Gasteiger charge is -2.30. The molecule has 3 heterocycles. The number of aromatic nitrogens is 4. The van der Waals surface area contributed by atoms with E-state index in [4.69, 9.17) is 10.7 Å². The zero-order valence-corrected chi connectivity index (χ0v) is 17.7. The summed E-state index contributed by atoms with van der Waals surface area (Å²) in [4.78, 5) is 43.6. The first-order valence-electron chi connectivity index (χ1n) is 10.5. The van der Waals surface area contributed by atoms with Crippen LogP contribution in [0, 0.1) is 5.92 Å². The van der Waals surface area contributed by atoms with Crippen LogP contribution in [0.4, 0.5) is 0 Å². The first kappa shape index (κ1) is 21.3. The number of hydrogen-bond acceptors (Lipinski definition) is 5. The highest BCUT2D eigenvalue weighted by molar-refractivity contribution is 5.76. The Balaban J connectivity index is 1.94. The molecule has 1 amide bonds. The van der Waals surface area contributed by atoms with Crippen LogP contribution in [0.15, 0.2) is 9.59 Å². The van der Waals surface area contributed by atoms with E-state index in [0.29, 0.717) is 24.3 Å². The Bertz CT molecular complexity index is 994. The number of nitrogens with two attached hydrogens (primary N) is 1. The Hall–Kier alpha value is -2.42. The molecule has 9 nitrogen and oxygen atoms in total. The van der Waals surface area contributed by atoms with Crippen LogP contribution in [0.1, 0.15) is 51.3 Å². The van der Waals surface area contributed by atoms with Crippen molar-refractivity contribution in [1.29, 1.82) is 0 Å². The highest BCUT2D eigenvalue weighted by atomic mass is 16.2. The molecule has 1 aliphatic heterocycles. The predicted molar refractivity (Wildman–Crippen MR) is 112 cm³/mol. The van der Waals surface area contributed by atoms with Crippen LogP contribution >= 0.6 is 0 Å². The first-order chi connectivity index (χ1) is 13.8. The third-order valence-electron chi connectivity index (χ3n) is 6.02. The smallest absolute Gasteiger partial charge is 0.332 e. The van der Waals surface area contributed by atoms with Crippen molar-refractivity contribution in [2.75, 3.05) is 13.1 Å². The van der Waals surface area contributed by atoms with E-state index in [1.807, 2.05) is 4.57 Å². The van der Waals surface area contributed by atoms with Crippen LogP contribution in [0.5, 0.6) is 0 Å². The van der Waals surface area contributed by atoms with E-state index in [1.165, 1.54) is 11.6 Å². The van der Waals surface area contributed by atoms with Gasteiger partial charge in [-0.05, 0) is 32.4 Å². The van der Waals surface area contributed by atoms with Gasteiger partial charge in [0.05, 0.1) is 6.54 Å². The average molecular weight is 405 g/mol. The van der Waals surface area contributed by atoms with Gasteiger partial charge in [0.2, 0.25) is 5.91 Å². The van der Waals surface area contributed by atoms with Gasteiger partial charge in [0, 0.05) is 26.6 Å². The number of piperidine rings is 1. The van der Waals surface area contributed by atoms with E-state index in [1.54, 1.807) is 7.05 Å². The van der Waals surface area contributed by atoms with Gasteiger partial charge in [0.15, 0.2) is 11.2 Å². The average Bonchev–Trinajstić information content (AvgIpc) is 3.06. The van der Waals surface area contributed by atoms with Crippen molar-refractivity contribution in [3.8, 4) is 0 Å². The highest BCUT2D eigenvalue weighted by Gasteiger charge is 2.25. The molecule has 0 saturated carbocycles. The second-order valence-corrected chi connectivity index (χ2v) is 8.07. The minimum atomic E-state index is -0.369. The predicted octanol–water partition coefficient (Wildman–Crippen LogP) is 0.711. The number of hydrogen-bond donors (Lipinski definition) is 1. The molecule has 0 spiro atoms. The van der Waals surface area contributed by atoms with Crippen molar-refractivity contribution >= 4 is 17.1 Å². The molecule has 0 unspecified atom stereocenters. The van der Waals surface area contributed by atoms with E-state index in [0.717, 1.165) is 62.0 Å². The zero-order valence-electron chi connectivity index (χ0n) is 17.7. The van der Waals surface area contributed by atoms with E-state index >= 15 is 0 Å². The summed E-state index contributed by atoms with van der Waals surface area (Å²) in [6, 6.07) is 0. The van der Waals surface area contributed by atoms with Crippen LogP contribution in [0.3, 0.4) is 0 Å². The molecular formula is C20H32N6O3. The van der Waals surface area contributed by atoms with Crippen molar-refractivity contribution in [2.24, 2.45) is 25.7 Å². The van der Waals surface area contributed by atoms with E-state index < -0.39 is 0 Å². The zero-order chi connectivity index (χ0) is 21.1. The monoisotopic (exact) mass is 404 g/mol. The number of aryl methyl sites for hydroxylation is 2. The van der Waals surface area contributed by atoms with Crippen molar-refractivity contribution in [3.63, 3.8) is 0 Å². The summed E-state index contributed by atoms with van der Waals surface area (Å²) in [5, 5.41) is 0. The van der Waals surface area contributed by atoms with Gasteiger partial charge < -0.3 is 10.3 Å². The number of carbonyl (C=O) groups is 1. The second kappa shape index (κ2) is 8.94. The lowest BCUT2D eigenvalue weighted by Crippen LogP contribution is -2.38. The Labute approximate surface area is 170 Å². The Morgan fingerprint density at radius 1 is 1.10 bits per heavy atom.